The summed E-state index contributed by atoms with van der Waals surface area (Å²) in [5.74, 6) is 0. The first-order valence-electron chi connectivity index (χ1n) is 6.51. The summed E-state index contributed by atoms with van der Waals surface area (Å²) in [4.78, 5) is 2.26. The Labute approximate surface area is 105 Å². The molecule has 1 aliphatic rings. The second kappa shape index (κ2) is 6.34. The van der Waals surface area contributed by atoms with E-state index in [4.69, 9.17) is 5.26 Å². The average Bonchev–Trinajstić information content (AvgIpc) is 3.05. The van der Waals surface area contributed by atoms with Crippen molar-refractivity contribution in [2.45, 2.75) is 57.7 Å². The fourth-order valence-electron chi connectivity index (χ4n) is 1.94. The SMILES string of the molecule is CC(C)NCC(C)(O)CN(CCC#N)C1CC1. The molecule has 0 spiro atoms. The molecule has 4 nitrogen and oxygen atoms in total. The molecule has 1 unspecified atom stereocenters. The van der Waals surface area contributed by atoms with Crippen molar-refractivity contribution >= 4 is 0 Å². The van der Waals surface area contributed by atoms with Crippen LogP contribution in [0.4, 0.5) is 0 Å². The van der Waals surface area contributed by atoms with Crippen molar-refractivity contribution in [2.24, 2.45) is 0 Å². The predicted molar refractivity (Wildman–Crippen MR) is 68.6 cm³/mol. The highest BCUT2D eigenvalue weighted by atomic mass is 16.3. The van der Waals surface area contributed by atoms with Crippen LogP contribution in [-0.4, -0.2) is 47.3 Å². The molecule has 1 fully saturated rings. The quantitative estimate of drug-likeness (QED) is 0.666. The molecule has 0 aromatic carbocycles. The topological polar surface area (TPSA) is 59.3 Å². The van der Waals surface area contributed by atoms with Crippen LogP contribution in [-0.2, 0) is 0 Å². The van der Waals surface area contributed by atoms with Crippen LogP contribution in [0.1, 0.15) is 40.0 Å². The molecule has 1 atom stereocenters. The number of hydrogen-bond acceptors (Lipinski definition) is 4. The van der Waals surface area contributed by atoms with Crippen molar-refractivity contribution in [3.8, 4) is 6.07 Å². The van der Waals surface area contributed by atoms with Gasteiger partial charge in [0.1, 0.15) is 0 Å². The largest absolute Gasteiger partial charge is 0.388 e. The van der Waals surface area contributed by atoms with Crippen molar-refractivity contribution in [3.05, 3.63) is 0 Å². The van der Waals surface area contributed by atoms with E-state index in [1.807, 2.05) is 6.92 Å². The predicted octanol–water partition coefficient (Wildman–Crippen LogP) is 1.11. The Morgan fingerprint density at radius 2 is 2.18 bits per heavy atom. The van der Waals surface area contributed by atoms with Gasteiger partial charge in [0.05, 0.1) is 11.7 Å². The zero-order valence-corrected chi connectivity index (χ0v) is 11.2. The molecule has 4 heteroatoms. The van der Waals surface area contributed by atoms with Gasteiger partial charge < -0.3 is 10.4 Å². The minimum Gasteiger partial charge on any atom is -0.388 e. The molecule has 0 amide bonds. The monoisotopic (exact) mass is 239 g/mol. The van der Waals surface area contributed by atoms with Gasteiger partial charge in [-0.05, 0) is 19.8 Å². The third-order valence-corrected chi connectivity index (χ3v) is 3.01. The minimum absolute atomic E-state index is 0.384. The molecule has 1 rings (SSSR count). The van der Waals surface area contributed by atoms with Crippen molar-refractivity contribution in [1.29, 1.82) is 5.26 Å². The van der Waals surface area contributed by atoms with Gasteiger partial charge in [-0.1, -0.05) is 13.8 Å². The summed E-state index contributed by atoms with van der Waals surface area (Å²) < 4.78 is 0. The highest BCUT2D eigenvalue weighted by Gasteiger charge is 2.33. The summed E-state index contributed by atoms with van der Waals surface area (Å²) in [5.41, 5.74) is -0.720. The molecule has 1 saturated carbocycles. The Kier molecular flexibility index (Phi) is 5.38. The van der Waals surface area contributed by atoms with E-state index >= 15 is 0 Å². The van der Waals surface area contributed by atoms with Gasteiger partial charge in [0, 0.05) is 38.1 Å². The molecule has 2 N–H and O–H groups in total. The number of aliphatic hydroxyl groups is 1. The second-order valence-electron chi connectivity index (χ2n) is 5.64. The number of nitrogens with zero attached hydrogens (tertiary/aromatic N) is 2. The maximum Gasteiger partial charge on any atom is 0.0869 e. The van der Waals surface area contributed by atoms with Crippen LogP contribution in [0.15, 0.2) is 0 Å². The summed E-state index contributed by atoms with van der Waals surface area (Å²) in [6, 6.07) is 3.15. The van der Waals surface area contributed by atoms with Crippen LogP contribution in [0.2, 0.25) is 0 Å². The molecule has 0 aromatic heterocycles. The normalized spacial score (nSPS) is 19.4. The Bertz CT molecular complexity index is 266. The zero-order chi connectivity index (χ0) is 12.9. The number of hydrogen-bond donors (Lipinski definition) is 2. The summed E-state index contributed by atoms with van der Waals surface area (Å²) in [6.45, 7) is 8.04. The molecule has 1 aliphatic carbocycles. The minimum atomic E-state index is -0.720. The van der Waals surface area contributed by atoms with Crippen molar-refractivity contribution < 1.29 is 5.11 Å². The first-order valence-corrected chi connectivity index (χ1v) is 6.51. The molecular weight excluding hydrogens is 214 g/mol. The van der Waals surface area contributed by atoms with E-state index in [0.29, 0.717) is 31.6 Å². The van der Waals surface area contributed by atoms with Gasteiger partial charge in [-0.25, -0.2) is 0 Å². The van der Waals surface area contributed by atoms with Crippen LogP contribution in [0.3, 0.4) is 0 Å². The molecular formula is C13H25N3O. The summed E-state index contributed by atoms with van der Waals surface area (Å²) in [5, 5.41) is 22.2. The molecule has 0 radical (unpaired) electrons. The Hall–Kier alpha value is -0.630. The zero-order valence-electron chi connectivity index (χ0n) is 11.2. The summed E-state index contributed by atoms with van der Waals surface area (Å²) in [6.07, 6.45) is 2.96. The third kappa shape index (κ3) is 6.02. The van der Waals surface area contributed by atoms with E-state index in [1.165, 1.54) is 12.8 Å². The highest BCUT2D eigenvalue weighted by Crippen LogP contribution is 2.28. The molecule has 0 bridgehead atoms. The van der Waals surface area contributed by atoms with E-state index in [-0.39, 0.29) is 0 Å². The molecule has 0 saturated heterocycles. The lowest BCUT2D eigenvalue weighted by molar-refractivity contribution is 0.0166. The van der Waals surface area contributed by atoms with Crippen molar-refractivity contribution in [3.63, 3.8) is 0 Å². The average molecular weight is 239 g/mol. The maximum atomic E-state index is 10.3. The fourth-order valence-corrected chi connectivity index (χ4v) is 1.94. The van der Waals surface area contributed by atoms with Gasteiger partial charge in [0.2, 0.25) is 0 Å². The van der Waals surface area contributed by atoms with Crippen LogP contribution in [0, 0.1) is 11.3 Å². The molecule has 0 heterocycles. The lowest BCUT2D eigenvalue weighted by Gasteiger charge is -2.32. The van der Waals surface area contributed by atoms with Crippen LogP contribution in [0.25, 0.3) is 0 Å². The van der Waals surface area contributed by atoms with E-state index in [1.54, 1.807) is 0 Å². The second-order valence-corrected chi connectivity index (χ2v) is 5.64. The first-order chi connectivity index (χ1) is 7.94. The Morgan fingerprint density at radius 3 is 2.65 bits per heavy atom. The van der Waals surface area contributed by atoms with Crippen LogP contribution >= 0.6 is 0 Å². The molecule has 0 aromatic rings. The maximum absolute atomic E-state index is 10.3. The summed E-state index contributed by atoms with van der Waals surface area (Å²) >= 11 is 0. The fraction of sp³-hybridized carbons (Fsp3) is 0.923. The smallest absolute Gasteiger partial charge is 0.0869 e. The highest BCUT2D eigenvalue weighted by molar-refractivity contribution is 4.91. The van der Waals surface area contributed by atoms with Gasteiger partial charge in [-0.2, -0.15) is 5.26 Å². The Morgan fingerprint density at radius 1 is 1.53 bits per heavy atom. The van der Waals surface area contributed by atoms with Crippen molar-refractivity contribution in [2.75, 3.05) is 19.6 Å². The van der Waals surface area contributed by atoms with Gasteiger partial charge >= 0.3 is 0 Å². The van der Waals surface area contributed by atoms with Gasteiger partial charge in [-0.3, -0.25) is 4.90 Å². The lowest BCUT2D eigenvalue weighted by atomic mass is 10.1. The van der Waals surface area contributed by atoms with Crippen LogP contribution < -0.4 is 5.32 Å². The van der Waals surface area contributed by atoms with Gasteiger partial charge in [0.15, 0.2) is 0 Å². The third-order valence-electron chi connectivity index (χ3n) is 3.01. The van der Waals surface area contributed by atoms with Crippen LogP contribution in [0.5, 0.6) is 0 Å². The first kappa shape index (κ1) is 14.4. The lowest BCUT2D eigenvalue weighted by Crippen LogP contribution is -2.49. The number of nitriles is 1. The van der Waals surface area contributed by atoms with E-state index in [0.717, 1.165) is 6.54 Å². The number of rotatable bonds is 8. The van der Waals surface area contributed by atoms with E-state index in [9.17, 15) is 5.11 Å². The standard InChI is InChI=1S/C13H25N3O/c1-11(2)15-9-13(3,17)10-16(8-4-7-14)12-5-6-12/h11-12,15,17H,4-6,8-10H2,1-3H3. The van der Waals surface area contributed by atoms with Crippen molar-refractivity contribution in [1.82, 2.24) is 10.2 Å². The van der Waals surface area contributed by atoms with E-state index in [2.05, 4.69) is 30.1 Å². The molecule has 0 aliphatic heterocycles. The van der Waals surface area contributed by atoms with Gasteiger partial charge in [0.25, 0.3) is 0 Å². The molecule has 98 valence electrons. The Balaban J connectivity index is 2.38. The number of nitrogens with one attached hydrogen (secondary N) is 1. The molecule has 17 heavy (non-hydrogen) atoms. The summed E-state index contributed by atoms with van der Waals surface area (Å²) in [7, 11) is 0. The van der Waals surface area contributed by atoms with E-state index < -0.39 is 5.60 Å². The van der Waals surface area contributed by atoms with Gasteiger partial charge in [-0.15, -0.1) is 0 Å².